The number of nitrogens with zero attached hydrogens (tertiary/aromatic N) is 2. The Morgan fingerprint density at radius 2 is 1.82 bits per heavy atom. The normalized spacial score (nSPS) is 23.9. The molecule has 0 aromatic carbocycles. The lowest BCUT2D eigenvalue weighted by molar-refractivity contribution is 0.0211. The minimum absolute atomic E-state index is 0.0900. The SMILES string of the molecule is [C-]#[N+]C1(C)CN(C(C)(C)C)C1. The standard InChI is InChI=1S/C9H16N2/c1-8(2,3)11-6-9(4,7-11)10-5/h6-7H2,1-4H3. The van der Waals surface area contributed by atoms with Gasteiger partial charge in [-0.2, -0.15) is 0 Å². The molecule has 1 heterocycles. The van der Waals surface area contributed by atoms with Crippen LogP contribution in [-0.4, -0.2) is 29.1 Å². The Hall–Kier alpha value is -0.550. The fourth-order valence-electron chi connectivity index (χ4n) is 1.32. The third kappa shape index (κ3) is 1.54. The Labute approximate surface area is 69.0 Å². The maximum absolute atomic E-state index is 6.95. The molecule has 1 aliphatic heterocycles. The number of rotatable bonds is 0. The van der Waals surface area contributed by atoms with Crippen LogP contribution in [0.25, 0.3) is 4.85 Å². The Kier molecular flexibility index (Phi) is 1.72. The summed E-state index contributed by atoms with van der Waals surface area (Å²) >= 11 is 0. The van der Waals surface area contributed by atoms with E-state index >= 15 is 0 Å². The average Bonchev–Trinajstić information content (AvgIpc) is 1.78. The van der Waals surface area contributed by atoms with Crippen LogP contribution >= 0.6 is 0 Å². The van der Waals surface area contributed by atoms with Gasteiger partial charge < -0.3 is 4.85 Å². The third-order valence-corrected chi connectivity index (χ3v) is 2.28. The number of hydrogen-bond acceptors (Lipinski definition) is 1. The van der Waals surface area contributed by atoms with Crippen LogP contribution in [0.3, 0.4) is 0 Å². The molecule has 0 amide bonds. The largest absolute Gasteiger partial charge is 0.308 e. The predicted octanol–water partition coefficient (Wildman–Crippen LogP) is 1.78. The Balaban J connectivity index is 2.49. The van der Waals surface area contributed by atoms with Crippen LogP contribution in [0.1, 0.15) is 27.7 Å². The van der Waals surface area contributed by atoms with Gasteiger partial charge in [0.05, 0.1) is 13.1 Å². The topological polar surface area (TPSA) is 7.60 Å². The number of likely N-dealkylation sites (tertiary alicyclic amines) is 1. The van der Waals surface area contributed by atoms with Gasteiger partial charge in [0.25, 0.3) is 5.54 Å². The van der Waals surface area contributed by atoms with E-state index in [0.29, 0.717) is 0 Å². The van der Waals surface area contributed by atoms with Crippen LogP contribution in [0.15, 0.2) is 0 Å². The summed E-state index contributed by atoms with van der Waals surface area (Å²) in [5.74, 6) is 0. The second-order valence-electron chi connectivity index (χ2n) is 4.64. The molecule has 0 radical (unpaired) electrons. The highest BCUT2D eigenvalue weighted by Crippen LogP contribution is 2.30. The van der Waals surface area contributed by atoms with Gasteiger partial charge in [-0.3, -0.25) is 4.90 Å². The highest BCUT2D eigenvalue weighted by atomic mass is 15.3. The fourth-order valence-corrected chi connectivity index (χ4v) is 1.32. The average molecular weight is 152 g/mol. The van der Waals surface area contributed by atoms with Crippen LogP contribution in [-0.2, 0) is 0 Å². The summed E-state index contributed by atoms with van der Waals surface area (Å²) in [6.45, 7) is 17.4. The van der Waals surface area contributed by atoms with Crippen molar-refractivity contribution in [3.8, 4) is 0 Å². The molecule has 0 bridgehead atoms. The molecular formula is C9H16N2. The summed E-state index contributed by atoms with van der Waals surface area (Å²) in [7, 11) is 0. The summed E-state index contributed by atoms with van der Waals surface area (Å²) in [4.78, 5) is 5.94. The predicted molar refractivity (Wildman–Crippen MR) is 46.3 cm³/mol. The molecule has 0 saturated carbocycles. The summed E-state index contributed by atoms with van der Waals surface area (Å²) in [6, 6.07) is 0. The molecule has 62 valence electrons. The molecule has 2 nitrogen and oxygen atoms in total. The van der Waals surface area contributed by atoms with E-state index in [9.17, 15) is 0 Å². The monoisotopic (exact) mass is 152 g/mol. The molecule has 0 spiro atoms. The van der Waals surface area contributed by atoms with E-state index in [0.717, 1.165) is 13.1 Å². The van der Waals surface area contributed by atoms with E-state index in [-0.39, 0.29) is 11.1 Å². The highest BCUT2D eigenvalue weighted by Gasteiger charge is 2.48. The molecule has 0 atom stereocenters. The lowest BCUT2D eigenvalue weighted by Crippen LogP contribution is -2.64. The van der Waals surface area contributed by atoms with Gasteiger partial charge in [-0.25, -0.2) is 6.57 Å². The van der Waals surface area contributed by atoms with Crippen molar-refractivity contribution in [2.75, 3.05) is 13.1 Å². The van der Waals surface area contributed by atoms with Crippen molar-refractivity contribution in [2.45, 2.75) is 38.8 Å². The van der Waals surface area contributed by atoms with Crippen molar-refractivity contribution >= 4 is 0 Å². The van der Waals surface area contributed by atoms with Crippen molar-refractivity contribution in [3.05, 3.63) is 11.4 Å². The van der Waals surface area contributed by atoms with E-state index in [1.54, 1.807) is 0 Å². The molecule has 0 aromatic heterocycles. The first-order chi connectivity index (χ1) is 4.87. The fraction of sp³-hybridized carbons (Fsp3) is 0.889. The zero-order valence-electron chi connectivity index (χ0n) is 7.81. The van der Waals surface area contributed by atoms with E-state index in [1.165, 1.54) is 0 Å². The van der Waals surface area contributed by atoms with E-state index < -0.39 is 0 Å². The Morgan fingerprint density at radius 3 is 2.09 bits per heavy atom. The van der Waals surface area contributed by atoms with Crippen LogP contribution in [0.5, 0.6) is 0 Å². The smallest absolute Gasteiger partial charge is 0.254 e. The van der Waals surface area contributed by atoms with Crippen molar-refractivity contribution in [1.82, 2.24) is 4.90 Å². The van der Waals surface area contributed by atoms with Crippen LogP contribution < -0.4 is 0 Å². The zero-order valence-corrected chi connectivity index (χ0v) is 7.81. The van der Waals surface area contributed by atoms with Crippen LogP contribution in [0.4, 0.5) is 0 Å². The molecule has 1 aliphatic rings. The van der Waals surface area contributed by atoms with Crippen LogP contribution in [0.2, 0.25) is 0 Å². The molecule has 2 heteroatoms. The van der Waals surface area contributed by atoms with Crippen molar-refractivity contribution < 1.29 is 0 Å². The molecule has 0 N–H and O–H groups in total. The van der Waals surface area contributed by atoms with E-state index in [1.807, 2.05) is 6.92 Å². The summed E-state index contributed by atoms with van der Waals surface area (Å²) < 4.78 is 0. The third-order valence-electron chi connectivity index (χ3n) is 2.28. The maximum atomic E-state index is 6.95. The molecule has 0 unspecified atom stereocenters. The van der Waals surface area contributed by atoms with E-state index in [2.05, 4.69) is 30.5 Å². The molecular weight excluding hydrogens is 136 g/mol. The second-order valence-corrected chi connectivity index (χ2v) is 4.64. The van der Waals surface area contributed by atoms with Gasteiger partial charge >= 0.3 is 0 Å². The molecule has 1 rings (SSSR count). The molecule has 1 saturated heterocycles. The minimum Gasteiger partial charge on any atom is -0.308 e. The molecule has 0 aliphatic carbocycles. The van der Waals surface area contributed by atoms with Gasteiger partial charge in [-0.1, -0.05) is 0 Å². The van der Waals surface area contributed by atoms with Gasteiger partial charge in [-0.15, -0.1) is 0 Å². The van der Waals surface area contributed by atoms with Gasteiger partial charge in [-0.05, 0) is 20.8 Å². The minimum atomic E-state index is -0.0900. The van der Waals surface area contributed by atoms with Crippen LogP contribution in [0, 0.1) is 6.57 Å². The zero-order chi connectivity index (χ0) is 8.70. The molecule has 11 heavy (non-hydrogen) atoms. The molecule has 0 aromatic rings. The maximum Gasteiger partial charge on any atom is 0.254 e. The first-order valence-electron chi connectivity index (χ1n) is 4.01. The summed E-state index contributed by atoms with van der Waals surface area (Å²) in [5, 5.41) is 0. The molecule has 1 fully saturated rings. The van der Waals surface area contributed by atoms with Crippen molar-refractivity contribution in [3.63, 3.8) is 0 Å². The first-order valence-corrected chi connectivity index (χ1v) is 4.01. The van der Waals surface area contributed by atoms with Gasteiger partial charge in [0, 0.05) is 12.5 Å². The lowest BCUT2D eigenvalue weighted by Gasteiger charge is -2.47. The summed E-state index contributed by atoms with van der Waals surface area (Å²) in [6.07, 6.45) is 0. The van der Waals surface area contributed by atoms with Gasteiger partial charge in [0.2, 0.25) is 0 Å². The first kappa shape index (κ1) is 8.55. The number of hydrogen-bond donors (Lipinski definition) is 0. The second kappa shape index (κ2) is 2.22. The van der Waals surface area contributed by atoms with Gasteiger partial charge in [0.15, 0.2) is 0 Å². The Morgan fingerprint density at radius 1 is 1.36 bits per heavy atom. The Bertz CT molecular complexity index is 189. The summed E-state index contributed by atoms with van der Waals surface area (Å²) in [5.41, 5.74) is 0.150. The van der Waals surface area contributed by atoms with E-state index in [4.69, 9.17) is 6.57 Å². The van der Waals surface area contributed by atoms with Crippen molar-refractivity contribution in [2.24, 2.45) is 0 Å². The van der Waals surface area contributed by atoms with Gasteiger partial charge in [0.1, 0.15) is 0 Å². The highest BCUT2D eigenvalue weighted by molar-refractivity contribution is 5.09. The van der Waals surface area contributed by atoms with Crippen molar-refractivity contribution in [1.29, 1.82) is 0 Å². The quantitative estimate of drug-likeness (QED) is 0.480. The lowest BCUT2D eigenvalue weighted by atomic mass is 9.88.